The number of nitrogens with zero attached hydrogens (tertiary/aromatic N) is 2. The highest BCUT2D eigenvalue weighted by Gasteiger charge is 2.21. The van der Waals surface area contributed by atoms with Gasteiger partial charge in [-0.3, -0.25) is 9.59 Å². The summed E-state index contributed by atoms with van der Waals surface area (Å²) in [5, 5.41) is 4.49. The van der Waals surface area contributed by atoms with Crippen molar-refractivity contribution in [2.24, 2.45) is 5.73 Å². The Balaban J connectivity index is 2.34. The summed E-state index contributed by atoms with van der Waals surface area (Å²) >= 11 is 0. The molecule has 128 valence electrons. The quantitative estimate of drug-likeness (QED) is 0.873. The van der Waals surface area contributed by atoms with Gasteiger partial charge in [0.2, 0.25) is 5.91 Å². The molecular formula is C18H23N3O3. The molecule has 0 saturated heterocycles. The lowest BCUT2D eigenvalue weighted by Gasteiger charge is -2.19. The number of primary amides is 1. The van der Waals surface area contributed by atoms with Crippen LogP contribution < -0.4 is 5.73 Å². The summed E-state index contributed by atoms with van der Waals surface area (Å²) in [6.45, 7) is 9.24. The van der Waals surface area contributed by atoms with Crippen LogP contribution in [-0.2, 0) is 16.0 Å². The molecule has 0 aliphatic carbocycles. The molecule has 2 aromatic rings. The number of ether oxygens (including phenoxy) is 1. The number of aryl methyl sites for hydroxylation is 1. The second kappa shape index (κ2) is 6.47. The van der Waals surface area contributed by atoms with Gasteiger partial charge in [0, 0.05) is 16.8 Å². The maximum Gasteiger partial charge on any atom is 0.310 e. The van der Waals surface area contributed by atoms with Gasteiger partial charge in [0.25, 0.3) is 0 Å². The Morgan fingerprint density at radius 1 is 1.25 bits per heavy atom. The first kappa shape index (κ1) is 17.7. The fourth-order valence-corrected chi connectivity index (χ4v) is 2.50. The predicted octanol–water partition coefficient (Wildman–Crippen LogP) is 2.47. The molecule has 0 radical (unpaired) electrons. The lowest BCUT2D eigenvalue weighted by molar-refractivity contribution is -0.153. The number of benzene rings is 1. The Morgan fingerprint density at radius 3 is 2.50 bits per heavy atom. The molecular weight excluding hydrogens is 306 g/mol. The predicted molar refractivity (Wildman–Crippen MR) is 91.1 cm³/mol. The normalized spacial score (nSPS) is 11.4. The minimum Gasteiger partial charge on any atom is -0.460 e. The van der Waals surface area contributed by atoms with Crippen LogP contribution in [-0.4, -0.2) is 27.3 Å². The summed E-state index contributed by atoms with van der Waals surface area (Å²) < 4.78 is 7.09. The maximum atomic E-state index is 12.1. The SMILES string of the molecule is Cc1nn(-c2cccc(C(N)=O)c2)c(C)c1CC(=O)OC(C)(C)C. The topological polar surface area (TPSA) is 87.2 Å². The van der Waals surface area contributed by atoms with Crippen LogP contribution in [0.15, 0.2) is 24.3 Å². The number of hydrogen-bond donors (Lipinski definition) is 1. The Hall–Kier alpha value is -2.63. The van der Waals surface area contributed by atoms with E-state index in [2.05, 4.69) is 5.10 Å². The molecule has 6 heteroatoms. The maximum absolute atomic E-state index is 12.1. The molecule has 6 nitrogen and oxygen atoms in total. The van der Waals surface area contributed by atoms with E-state index in [9.17, 15) is 9.59 Å². The van der Waals surface area contributed by atoms with Crippen LogP contribution >= 0.6 is 0 Å². The fraction of sp³-hybridized carbons (Fsp3) is 0.389. The van der Waals surface area contributed by atoms with E-state index in [1.165, 1.54) is 0 Å². The molecule has 0 spiro atoms. The number of esters is 1. The summed E-state index contributed by atoms with van der Waals surface area (Å²) in [7, 11) is 0. The molecule has 0 bridgehead atoms. The Morgan fingerprint density at radius 2 is 1.92 bits per heavy atom. The highest BCUT2D eigenvalue weighted by atomic mass is 16.6. The number of aromatic nitrogens is 2. The molecule has 0 fully saturated rings. The molecule has 2 rings (SSSR count). The lowest BCUT2D eigenvalue weighted by Crippen LogP contribution is -2.25. The number of rotatable bonds is 4. The second-order valence-corrected chi connectivity index (χ2v) is 6.74. The van der Waals surface area contributed by atoms with Crippen LogP contribution in [0.5, 0.6) is 0 Å². The van der Waals surface area contributed by atoms with Crippen molar-refractivity contribution in [3.05, 3.63) is 46.8 Å². The van der Waals surface area contributed by atoms with Gasteiger partial charge in [0.05, 0.1) is 17.8 Å². The zero-order valence-corrected chi connectivity index (χ0v) is 14.7. The molecule has 2 N–H and O–H groups in total. The molecule has 0 aliphatic heterocycles. The van der Waals surface area contributed by atoms with Crippen molar-refractivity contribution in [2.45, 2.75) is 46.6 Å². The first-order valence-corrected chi connectivity index (χ1v) is 7.75. The molecule has 0 saturated carbocycles. The smallest absolute Gasteiger partial charge is 0.310 e. The van der Waals surface area contributed by atoms with E-state index in [1.54, 1.807) is 22.9 Å². The summed E-state index contributed by atoms with van der Waals surface area (Å²) in [5.41, 5.74) is 8.35. The largest absolute Gasteiger partial charge is 0.460 e. The first-order chi connectivity index (χ1) is 11.1. The summed E-state index contributed by atoms with van der Waals surface area (Å²) in [6, 6.07) is 6.92. The van der Waals surface area contributed by atoms with Crippen LogP contribution in [0.4, 0.5) is 0 Å². The number of hydrogen-bond acceptors (Lipinski definition) is 4. The van der Waals surface area contributed by atoms with Crippen LogP contribution in [0.1, 0.15) is 48.1 Å². The van der Waals surface area contributed by atoms with Gasteiger partial charge in [-0.25, -0.2) is 4.68 Å². The molecule has 1 aromatic carbocycles. The van der Waals surface area contributed by atoms with Crippen molar-refractivity contribution in [3.63, 3.8) is 0 Å². The fourth-order valence-electron chi connectivity index (χ4n) is 2.50. The average Bonchev–Trinajstić information content (AvgIpc) is 2.73. The number of carbonyl (C=O) groups excluding carboxylic acids is 2. The highest BCUT2D eigenvalue weighted by Crippen LogP contribution is 2.20. The van der Waals surface area contributed by atoms with Gasteiger partial charge in [-0.05, 0) is 52.8 Å². The number of amides is 1. The van der Waals surface area contributed by atoms with Crippen LogP contribution in [0.2, 0.25) is 0 Å². The van der Waals surface area contributed by atoms with E-state index in [1.807, 2.05) is 40.7 Å². The van der Waals surface area contributed by atoms with Crippen LogP contribution in [0.3, 0.4) is 0 Å². The van der Waals surface area contributed by atoms with Gasteiger partial charge in [-0.15, -0.1) is 0 Å². The lowest BCUT2D eigenvalue weighted by atomic mass is 10.1. The third kappa shape index (κ3) is 4.01. The van der Waals surface area contributed by atoms with Crippen molar-refractivity contribution < 1.29 is 14.3 Å². The summed E-state index contributed by atoms with van der Waals surface area (Å²) in [5.74, 6) is -0.786. The first-order valence-electron chi connectivity index (χ1n) is 7.75. The number of nitrogens with two attached hydrogens (primary N) is 1. The summed E-state index contributed by atoms with van der Waals surface area (Å²) in [6.07, 6.45) is 0.157. The third-order valence-electron chi connectivity index (χ3n) is 3.56. The Labute approximate surface area is 141 Å². The highest BCUT2D eigenvalue weighted by molar-refractivity contribution is 5.93. The van der Waals surface area contributed by atoms with E-state index < -0.39 is 11.5 Å². The van der Waals surface area contributed by atoms with Gasteiger partial charge < -0.3 is 10.5 Å². The van der Waals surface area contributed by atoms with E-state index in [0.717, 1.165) is 22.6 Å². The van der Waals surface area contributed by atoms with Crippen molar-refractivity contribution >= 4 is 11.9 Å². The zero-order chi connectivity index (χ0) is 18.1. The van der Waals surface area contributed by atoms with Crippen molar-refractivity contribution in [1.29, 1.82) is 0 Å². The molecule has 1 heterocycles. The van der Waals surface area contributed by atoms with Gasteiger partial charge in [-0.1, -0.05) is 6.07 Å². The third-order valence-corrected chi connectivity index (χ3v) is 3.56. The monoisotopic (exact) mass is 329 g/mol. The van der Waals surface area contributed by atoms with E-state index in [4.69, 9.17) is 10.5 Å². The second-order valence-electron chi connectivity index (χ2n) is 6.74. The van der Waals surface area contributed by atoms with Gasteiger partial charge >= 0.3 is 5.97 Å². The van der Waals surface area contributed by atoms with Gasteiger partial charge in [-0.2, -0.15) is 5.10 Å². The Kier molecular flexibility index (Phi) is 4.78. The molecule has 1 amide bonds. The Bertz CT molecular complexity index is 785. The minimum absolute atomic E-state index is 0.157. The standard InChI is InChI=1S/C18H23N3O3/c1-11-15(10-16(22)24-18(3,4)5)12(2)21(20-11)14-8-6-7-13(9-14)17(19)23/h6-9H,10H2,1-5H3,(H2,19,23). The zero-order valence-electron chi connectivity index (χ0n) is 14.7. The van der Waals surface area contributed by atoms with Crippen LogP contribution in [0, 0.1) is 13.8 Å². The molecule has 24 heavy (non-hydrogen) atoms. The van der Waals surface area contributed by atoms with Crippen LogP contribution in [0.25, 0.3) is 5.69 Å². The summed E-state index contributed by atoms with van der Waals surface area (Å²) in [4.78, 5) is 23.5. The van der Waals surface area contributed by atoms with Crippen molar-refractivity contribution in [3.8, 4) is 5.69 Å². The molecule has 1 aromatic heterocycles. The molecule has 0 atom stereocenters. The minimum atomic E-state index is -0.523. The van der Waals surface area contributed by atoms with E-state index in [-0.39, 0.29) is 12.4 Å². The molecule has 0 unspecified atom stereocenters. The van der Waals surface area contributed by atoms with Crippen molar-refractivity contribution in [1.82, 2.24) is 9.78 Å². The van der Waals surface area contributed by atoms with E-state index >= 15 is 0 Å². The van der Waals surface area contributed by atoms with Crippen molar-refractivity contribution in [2.75, 3.05) is 0 Å². The van der Waals surface area contributed by atoms with E-state index in [0.29, 0.717) is 5.56 Å². The van der Waals surface area contributed by atoms with Gasteiger partial charge in [0.1, 0.15) is 5.60 Å². The average molecular weight is 329 g/mol. The molecule has 0 aliphatic rings. The number of carbonyl (C=O) groups is 2. The van der Waals surface area contributed by atoms with Gasteiger partial charge in [0.15, 0.2) is 0 Å².